The molecule has 12 heavy (non-hydrogen) atoms. The van der Waals surface area contributed by atoms with Gasteiger partial charge in [-0.15, -0.1) is 0 Å². The molecule has 0 fully saturated rings. The van der Waals surface area contributed by atoms with E-state index in [-0.39, 0.29) is 0 Å². The number of hydrogen-bond donors (Lipinski definition) is 0. The lowest BCUT2D eigenvalue weighted by molar-refractivity contribution is -0.701. The summed E-state index contributed by atoms with van der Waals surface area (Å²) in [7, 11) is 0. The first-order chi connectivity index (χ1) is 5.70. The van der Waals surface area contributed by atoms with Gasteiger partial charge in [0.2, 0.25) is 0 Å². The number of aromatic nitrogens is 2. The largest absolute Gasteiger partial charge is 0.258 e. The molecule has 0 bridgehead atoms. The molecule has 1 rings (SSSR count). The van der Waals surface area contributed by atoms with Crippen LogP contribution in [0.3, 0.4) is 0 Å². The summed E-state index contributed by atoms with van der Waals surface area (Å²) >= 11 is 0. The summed E-state index contributed by atoms with van der Waals surface area (Å²) in [4.78, 5) is 0. The lowest BCUT2D eigenvalue weighted by Gasteiger charge is -2.04. The number of imidazole rings is 1. The van der Waals surface area contributed by atoms with E-state index < -0.39 is 0 Å². The fourth-order valence-corrected chi connectivity index (χ4v) is 1.68. The standard InChI is InChI=1S/C10H19N2/c1-5-11-7-8-12(6-2)10(11)9(3)4/h7-9H,5-6H2,1-4H3/q+1. The molecule has 68 valence electrons. The van der Waals surface area contributed by atoms with Crippen molar-refractivity contribution in [3.8, 4) is 0 Å². The van der Waals surface area contributed by atoms with Gasteiger partial charge in [0.1, 0.15) is 12.4 Å². The van der Waals surface area contributed by atoms with Crippen molar-refractivity contribution in [1.29, 1.82) is 0 Å². The van der Waals surface area contributed by atoms with Crippen molar-refractivity contribution in [2.45, 2.75) is 46.7 Å². The van der Waals surface area contributed by atoms with Crippen molar-refractivity contribution in [1.82, 2.24) is 4.57 Å². The van der Waals surface area contributed by atoms with Gasteiger partial charge in [0.15, 0.2) is 0 Å². The Labute approximate surface area is 74.8 Å². The van der Waals surface area contributed by atoms with Gasteiger partial charge in [-0.05, 0) is 13.8 Å². The summed E-state index contributed by atoms with van der Waals surface area (Å²) in [5.74, 6) is 2.04. The number of hydrogen-bond acceptors (Lipinski definition) is 0. The maximum absolute atomic E-state index is 2.31. The van der Waals surface area contributed by atoms with Crippen LogP contribution in [0.5, 0.6) is 0 Å². The van der Waals surface area contributed by atoms with Gasteiger partial charge >= 0.3 is 0 Å². The molecule has 0 aliphatic carbocycles. The second-order valence-electron chi connectivity index (χ2n) is 3.38. The van der Waals surface area contributed by atoms with Gasteiger partial charge in [0.25, 0.3) is 5.82 Å². The molecule has 0 saturated carbocycles. The predicted molar refractivity (Wildman–Crippen MR) is 50.1 cm³/mol. The quantitative estimate of drug-likeness (QED) is 0.608. The summed E-state index contributed by atoms with van der Waals surface area (Å²) in [6, 6.07) is 0. The van der Waals surface area contributed by atoms with Crippen LogP contribution in [0.15, 0.2) is 12.4 Å². The first kappa shape index (κ1) is 9.30. The zero-order valence-corrected chi connectivity index (χ0v) is 8.54. The smallest absolute Gasteiger partial charge is 0.234 e. The van der Waals surface area contributed by atoms with Crippen molar-refractivity contribution >= 4 is 0 Å². The third-order valence-corrected chi connectivity index (χ3v) is 2.21. The molecule has 0 saturated heterocycles. The Bertz CT molecular complexity index is 227. The van der Waals surface area contributed by atoms with Gasteiger partial charge in [-0.2, -0.15) is 0 Å². The van der Waals surface area contributed by atoms with Crippen molar-refractivity contribution < 1.29 is 4.57 Å². The van der Waals surface area contributed by atoms with Crippen LogP contribution < -0.4 is 4.57 Å². The number of aryl methyl sites for hydroxylation is 2. The molecule has 1 aromatic rings. The normalized spacial score (nSPS) is 11.1. The summed E-state index contributed by atoms with van der Waals surface area (Å²) in [5, 5.41) is 0. The van der Waals surface area contributed by atoms with Crippen molar-refractivity contribution in [2.24, 2.45) is 0 Å². The molecule has 0 aromatic carbocycles. The van der Waals surface area contributed by atoms with Gasteiger partial charge in [0.05, 0.1) is 19.0 Å². The highest BCUT2D eigenvalue weighted by Crippen LogP contribution is 2.09. The highest BCUT2D eigenvalue weighted by atomic mass is 15.1. The van der Waals surface area contributed by atoms with E-state index in [4.69, 9.17) is 0 Å². The predicted octanol–water partition coefficient (Wildman–Crippen LogP) is 1.94. The molecule has 2 nitrogen and oxygen atoms in total. The van der Waals surface area contributed by atoms with Crippen molar-refractivity contribution in [3.63, 3.8) is 0 Å². The summed E-state index contributed by atoms with van der Waals surface area (Å²) in [6.07, 6.45) is 4.33. The van der Waals surface area contributed by atoms with E-state index in [1.54, 1.807) is 0 Å². The lowest BCUT2D eigenvalue weighted by atomic mass is 10.2. The van der Waals surface area contributed by atoms with Gasteiger partial charge < -0.3 is 0 Å². The Hall–Kier alpha value is -0.790. The Kier molecular flexibility index (Phi) is 2.90. The molecule has 1 heterocycles. The SMILES string of the molecule is CCn1cc[n+](CC)c1C(C)C. The fraction of sp³-hybridized carbons (Fsp3) is 0.700. The van der Waals surface area contributed by atoms with E-state index in [0.29, 0.717) is 5.92 Å². The molecular formula is C10H19N2+. The van der Waals surface area contributed by atoms with Gasteiger partial charge in [0, 0.05) is 0 Å². The molecule has 0 aliphatic rings. The average molecular weight is 167 g/mol. The highest BCUT2D eigenvalue weighted by molar-refractivity contribution is 4.89. The number of rotatable bonds is 3. The molecule has 0 radical (unpaired) electrons. The first-order valence-corrected chi connectivity index (χ1v) is 4.79. The van der Waals surface area contributed by atoms with Crippen LogP contribution in [0.4, 0.5) is 0 Å². The molecule has 0 N–H and O–H groups in total. The van der Waals surface area contributed by atoms with E-state index in [2.05, 4.69) is 49.2 Å². The monoisotopic (exact) mass is 167 g/mol. The third-order valence-electron chi connectivity index (χ3n) is 2.21. The van der Waals surface area contributed by atoms with Crippen LogP contribution in [-0.4, -0.2) is 4.57 Å². The Morgan fingerprint density at radius 2 is 2.08 bits per heavy atom. The van der Waals surface area contributed by atoms with E-state index in [1.807, 2.05) is 0 Å². The molecular weight excluding hydrogens is 148 g/mol. The van der Waals surface area contributed by atoms with Crippen LogP contribution in [-0.2, 0) is 13.1 Å². The van der Waals surface area contributed by atoms with E-state index in [1.165, 1.54) is 5.82 Å². The lowest BCUT2D eigenvalue weighted by Crippen LogP contribution is -2.36. The first-order valence-electron chi connectivity index (χ1n) is 4.79. The molecule has 1 aromatic heterocycles. The average Bonchev–Trinajstić information content (AvgIpc) is 2.46. The minimum atomic E-state index is 0.611. The topological polar surface area (TPSA) is 8.81 Å². The summed E-state index contributed by atoms with van der Waals surface area (Å²) in [5.41, 5.74) is 0. The minimum Gasteiger partial charge on any atom is -0.234 e. The second-order valence-corrected chi connectivity index (χ2v) is 3.38. The molecule has 0 amide bonds. The zero-order valence-electron chi connectivity index (χ0n) is 8.54. The van der Waals surface area contributed by atoms with E-state index in [9.17, 15) is 0 Å². The summed E-state index contributed by atoms with van der Waals surface area (Å²) < 4.78 is 4.63. The van der Waals surface area contributed by atoms with Crippen LogP contribution in [0.1, 0.15) is 39.4 Å². The van der Waals surface area contributed by atoms with Crippen LogP contribution in [0, 0.1) is 0 Å². The zero-order chi connectivity index (χ0) is 9.14. The molecule has 0 spiro atoms. The molecule has 0 aliphatic heterocycles. The summed E-state index contributed by atoms with van der Waals surface area (Å²) in [6.45, 7) is 11.0. The van der Waals surface area contributed by atoms with E-state index in [0.717, 1.165) is 13.1 Å². The maximum Gasteiger partial charge on any atom is 0.258 e. The van der Waals surface area contributed by atoms with Gasteiger partial charge in [-0.25, -0.2) is 9.13 Å². The third kappa shape index (κ3) is 1.52. The van der Waals surface area contributed by atoms with Gasteiger partial charge in [-0.3, -0.25) is 0 Å². The van der Waals surface area contributed by atoms with Crippen molar-refractivity contribution in [3.05, 3.63) is 18.2 Å². The Balaban J connectivity index is 3.07. The molecule has 0 atom stereocenters. The van der Waals surface area contributed by atoms with Crippen molar-refractivity contribution in [2.75, 3.05) is 0 Å². The fourth-order valence-electron chi connectivity index (χ4n) is 1.68. The highest BCUT2D eigenvalue weighted by Gasteiger charge is 2.17. The minimum absolute atomic E-state index is 0.611. The second kappa shape index (κ2) is 3.74. The van der Waals surface area contributed by atoms with Gasteiger partial charge in [-0.1, -0.05) is 13.8 Å². The maximum atomic E-state index is 2.31. The Morgan fingerprint density at radius 1 is 1.42 bits per heavy atom. The van der Waals surface area contributed by atoms with Crippen LogP contribution >= 0.6 is 0 Å². The van der Waals surface area contributed by atoms with E-state index >= 15 is 0 Å². The Morgan fingerprint density at radius 3 is 2.50 bits per heavy atom. The van der Waals surface area contributed by atoms with Crippen LogP contribution in [0.25, 0.3) is 0 Å². The number of nitrogens with zero attached hydrogens (tertiary/aromatic N) is 2. The molecule has 0 unspecified atom stereocenters. The van der Waals surface area contributed by atoms with Crippen LogP contribution in [0.2, 0.25) is 0 Å². The molecule has 2 heteroatoms.